The van der Waals surface area contributed by atoms with E-state index in [9.17, 15) is 13.2 Å². The van der Waals surface area contributed by atoms with Gasteiger partial charge in [-0.3, -0.25) is 0 Å². The molecule has 4 nitrogen and oxygen atoms in total. The molecule has 1 aromatic heterocycles. The summed E-state index contributed by atoms with van der Waals surface area (Å²) in [6.45, 7) is 7.67. The lowest BCUT2D eigenvalue weighted by atomic mass is 9.82. The molecule has 1 aromatic carbocycles. The van der Waals surface area contributed by atoms with Crippen molar-refractivity contribution in [3.8, 4) is 5.69 Å². The van der Waals surface area contributed by atoms with Crippen LogP contribution in [0.2, 0.25) is 10.0 Å². The van der Waals surface area contributed by atoms with Crippen molar-refractivity contribution in [3.63, 3.8) is 0 Å². The fourth-order valence-electron chi connectivity index (χ4n) is 2.51. The number of benzene rings is 1. The maximum absolute atomic E-state index is 12.9. The van der Waals surface area contributed by atoms with Crippen LogP contribution in [-0.4, -0.2) is 28.1 Å². The summed E-state index contributed by atoms with van der Waals surface area (Å²) < 4.78 is 51.8. The summed E-state index contributed by atoms with van der Waals surface area (Å²) >= 11 is 12.1. The van der Waals surface area contributed by atoms with Crippen LogP contribution in [0.5, 0.6) is 0 Å². The van der Waals surface area contributed by atoms with E-state index in [4.69, 9.17) is 32.5 Å². The molecule has 1 aliphatic rings. The first-order valence-electron chi connectivity index (χ1n) is 7.79. The number of hydrogen-bond acceptors (Lipinski definition) is 3. The van der Waals surface area contributed by atoms with E-state index in [1.165, 1.54) is 10.9 Å². The highest BCUT2D eigenvalue weighted by molar-refractivity contribution is 6.62. The van der Waals surface area contributed by atoms with Crippen LogP contribution in [0.4, 0.5) is 13.2 Å². The quantitative estimate of drug-likeness (QED) is 0.689. The number of halogens is 5. The summed E-state index contributed by atoms with van der Waals surface area (Å²) in [6.07, 6.45) is -1.46. The highest BCUT2D eigenvalue weighted by Gasteiger charge is 2.52. The molecular weight excluding hydrogens is 391 g/mol. The molecule has 0 radical (unpaired) electrons. The highest BCUT2D eigenvalue weighted by Crippen LogP contribution is 2.38. The Bertz CT molecular complexity index is 813. The monoisotopic (exact) mass is 406 g/mol. The van der Waals surface area contributed by atoms with Gasteiger partial charge in [-0.25, -0.2) is 4.68 Å². The topological polar surface area (TPSA) is 36.3 Å². The molecule has 140 valence electrons. The molecule has 1 aliphatic heterocycles. The van der Waals surface area contributed by atoms with Gasteiger partial charge in [0, 0.05) is 17.9 Å². The number of aromatic nitrogens is 2. The Kier molecular flexibility index (Phi) is 4.63. The Balaban J connectivity index is 1.94. The van der Waals surface area contributed by atoms with Gasteiger partial charge in [0.05, 0.1) is 26.8 Å². The van der Waals surface area contributed by atoms with Gasteiger partial charge in [0.15, 0.2) is 0 Å². The summed E-state index contributed by atoms with van der Waals surface area (Å²) in [4.78, 5) is 0. The summed E-state index contributed by atoms with van der Waals surface area (Å²) in [5.74, 6) is 0. The number of alkyl halides is 3. The van der Waals surface area contributed by atoms with E-state index in [2.05, 4.69) is 5.10 Å². The first-order valence-corrected chi connectivity index (χ1v) is 8.54. The van der Waals surface area contributed by atoms with Crippen LogP contribution in [0.15, 0.2) is 24.5 Å². The van der Waals surface area contributed by atoms with Crippen molar-refractivity contribution in [2.45, 2.75) is 45.1 Å². The Labute approximate surface area is 159 Å². The van der Waals surface area contributed by atoms with Gasteiger partial charge in [-0.15, -0.1) is 0 Å². The first-order chi connectivity index (χ1) is 11.8. The SMILES string of the molecule is CC1(C)OB(c2cnn(-c3c(Cl)cc(C(F)(F)F)cc3Cl)c2)OC1(C)C. The summed E-state index contributed by atoms with van der Waals surface area (Å²) in [5, 5.41) is 3.83. The van der Waals surface area contributed by atoms with Gasteiger partial charge < -0.3 is 9.31 Å². The predicted molar refractivity (Wildman–Crippen MR) is 94.3 cm³/mol. The third-order valence-electron chi connectivity index (χ3n) is 4.70. The van der Waals surface area contributed by atoms with Crippen LogP contribution in [-0.2, 0) is 15.5 Å². The zero-order valence-electron chi connectivity index (χ0n) is 14.5. The molecule has 26 heavy (non-hydrogen) atoms. The molecule has 0 aliphatic carbocycles. The average Bonchev–Trinajstić information content (AvgIpc) is 3.00. The third-order valence-corrected chi connectivity index (χ3v) is 5.28. The van der Waals surface area contributed by atoms with E-state index in [1.54, 1.807) is 6.20 Å². The first kappa shape index (κ1) is 19.5. The maximum atomic E-state index is 12.9. The Morgan fingerprint density at radius 2 is 1.54 bits per heavy atom. The van der Waals surface area contributed by atoms with Crippen LogP contribution in [0.3, 0.4) is 0 Å². The van der Waals surface area contributed by atoms with Crippen molar-refractivity contribution in [1.82, 2.24) is 9.78 Å². The molecule has 0 atom stereocenters. The minimum Gasteiger partial charge on any atom is -0.399 e. The minimum absolute atomic E-state index is 0.157. The molecule has 1 fully saturated rings. The zero-order valence-corrected chi connectivity index (χ0v) is 16.0. The molecule has 0 unspecified atom stereocenters. The van der Waals surface area contributed by atoms with E-state index >= 15 is 0 Å². The van der Waals surface area contributed by atoms with Crippen molar-refractivity contribution in [1.29, 1.82) is 0 Å². The summed E-state index contributed by atoms with van der Waals surface area (Å²) in [7, 11) is -0.652. The van der Waals surface area contributed by atoms with Crippen molar-refractivity contribution in [3.05, 3.63) is 40.1 Å². The Morgan fingerprint density at radius 3 is 2.00 bits per heavy atom. The largest absolute Gasteiger partial charge is 0.498 e. The van der Waals surface area contributed by atoms with Gasteiger partial charge >= 0.3 is 13.3 Å². The summed E-state index contributed by atoms with van der Waals surface area (Å²) in [6, 6.07) is 1.64. The lowest BCUT2D eigenvalue weighted by Gasteiger charge is -2.32. The van der Waals surface area contributed by atoms with Crippen molar-refractivity contribution < 1.29 is 22.5 Å². The second-order valence-electron chi connectivity index (χ2n) is 7.09. The Morgan fingerprint density at radius 1 is 1.04 bits per heavy atom. The van der Waals surface area contributed by atoms with Gasteiger partial charge in [0.25, 0.3) is 0 Å². The highest BCUT2D eigenvalue weighted by atomic mass is 35.5. The number of hydrogen-bond donors (Lipinski definition) is 0. The van der Waals surface area contributed by atoms with Crippen molar-refractivity contribution in [2.24, 2.45) is 0 Å². The molecular formula is C16H16BCl2F3N2O2. The number of nitrogens with zero attached hydrogens (tertiary/aromatic N) is 2. The van der Waals surface area contributed by atoms with E-state index < -0.39 is 30.1 Å². The van der Waals surface area contributed by atoms with Crippen LogP contribution < -0.4 is 5.46 Å². The molecule has 3 rings (SSSR count). The van der Waals surface area contributed by atoms with Crippen LogP contribution >= 0.6 is 23.2 Å². The van der Waals surface area contributed by atoms with E-state index in [1.807, 2.05) is 27.7 Å². The van der Waals surface area contributed by atoms with Gasteiger partial charge in [-0.05, 0) is 39.8 Å². The van der Waals surface area contributed by atoms with Crippen molar-refractivity contribution >= 4 is 35.8 Å². The second kappa shape index (κ2) is 6.16. The van der Waals surface area contributed by atoms with Gasteiger partial charge in [0.2, 0.25) is 0 Å². The zero-order chi connectivity index (χ0) is 19.5. The van der Waals surface area contributed by atoms with E-state index in [0.29, 0.717) is 5.46 Å². The van der Waals surface area contributed by atoms with Crippen LogP contribution in [0, 0.1) is 0 Å². The lowest BCUT2D eigenvalue weighted by Crippen LogP contribution is -2.41. The molecule has 0 N–H and O–H groups in total. The molecule has 0 spiro atoms. The molecule has 0 amide bonds. The maximum Gasteiger partial charge on any atom is 0.498 e. The smallest absolute Gasteiger partial charge is 0.399 e. The fraction of sp³-hybridized carbons (Fsp3) is 0.438. The fourth-order valence-corrected chi connectivity index (χ4v) is 3.17. The Hall–Kier alpha value is -1.22. The normalized spacial score (nSPS) is 19.2. The standard InChI is InChI=1S/C16H16BCl2F3N2O2/c1-14(2)15(3,4)26-17(25-14)10-7-23-24(8-10)13-11(18)5-9(6-12(13)19)16(20,21)22/h5-8H,1-4H3. The second-order valence-corrected chi connectivity index (χ2v) is 7.91. The molecule has 2 aromatic rings. The molecule has 2 heterocycles. The molecule has 1 saturated heterocycles. The van der Waals surface area contributed by atoms with Crippen LogP contribution in [0.1, 0.15) is 33.3 Å². The van der Waals surface area contributed by atoms with Gasteiger partial charge in [-0.1, -0.05) is 23.2 Å². The van der Waals surface area contributed by atoms with E-state index in [0.717, 1.165) is 12.1 Å². The van der Waals surface area contributed by atoms with E-state index in [-0.39, 0.29) is 15.7 Å². The summed E-state index contributed by atoms with van der Waals surface area (Å²) in [5.41, 5.74) is -1.21. The van der Waals surface area contributed by atoms with Crippen LogP contribution in [0.25, 0.3) is 5.69 Å². The number of rotatable bonds is 2. The lowest BCUT2D eigenvalue weighted by molar-refractivity contribution is -0.137. The predicted octanol–water partition coefficient (Wildman–Crippen LogP) is 4.50. The third kappa shape index (κ3) is 3.35. The molecule has 10 heteroatoms. The van der Waals surface area contributed by atoms with Gasteiger partial charge in [0.1, 0.15) is 5.69 Å². The van der Waals surface area contributed by atoms with Crippen molar-refractivity contribution in [2.75, 3.05) is 0 Å². The average molecular weight is 407 g/mol. The minimum atomic E-state index is -4.54. The van der Waals surface area contributed by atoms with Gasteiger partial charge in [-0.2, -0.15) is 18.3 Å². The molecule has 0 bridgehead atoms. The molecule has 0 saturated carbocycles.